The van der Waals surface area contributed by atoms with E-state index in [0.717, 1.165) is 10.0 Å². The lowest BCUT2D eigenvalue weighted by atomic mass is 10.2. The van der Waals surface area contributed by atoms with Crippen LogP contribution in [0, 0.1) is 6.92 Å². The van der Waals surface area contributed by atoms with Gasteiger partial charge >= 0.3 is 0 Å². The van der Waals surface area contributed by atoms with Crippen molar-refractivity contribution in [2.45, 2.75) is 20.0 Å². The lowest BCUT2D eigenvalue weighted by Crippen LogP contribution is -2.30. The van der Waals surface area contributed by atoms with E-state index in [9.17, 15) is 4.79 Å². The SMILES string of the molecule is COc1cccc(NC(=O)C(C)Oc2ccc(C)cc2Br)c1. The Morgan fingerprint density at radius 2 is 2.00 bits per heavy atom. The van der Waals surface area contributed by atoms with E-state index in [1.807, 2.05) is 37.3 Å². The number of ether oxygens (including phenoxy) is 2. The average molecular weight is 364 g/mol. The predicted molar refractivity (Wildman–Crippen MR) is 90.6 cm³/mol. The van der Waals surface area contributed by atoms with Gasteiger partial charge in [-0.3, -0.25) is 4.79 Å². The van der Waals surface area contributed by atoms with Crippen LogP contribution >= 0.6 is 15.9 Å². The zero-order chi connectivity index (χ0) is 16.1. The number of methoxy groups -OCH3 is 1. The molecule has 0 heterocycles. The van der Waals surface area contributed by atoms with Crippen LogP contribution in [-0.4, -0.2) is 19.1 Å². The molecule has 0 fully saturated rings. The standard InChI is InChI=1S/C17H18BrNO3/c1-11-7-8-16(15(18)9-11)22-12(2)17(20)19-13-5-4-6-14(10-13)21-3/h4-10,12H,1-3H3,(H,19,20). The number of halogens is 1. The van der Waals surface area contributed by atoms with Crippen molar-refractivity contribution in [2.24, 2.45) is 0 Å². The highest BCUT2D eigenvalue weighted by molar-refractivity contribution is 9.10. The van der Waals surface area contributed by atoms with Crippen LogP contribution in [0.2, 0.25) is 0 Å². The van der Waals surface area contributed by atoms with Gasteiger partial charge in [-0.15, -0.1) is 0 Å². The number of carbonyl (C=O) groups excluding carboxylic acids is 1. The van der Waals surface area contributed by atoms with E-state index in [2.05, 4.69) is 21.2 Å². The smallest absolute Gasteiger partial charge is 0.265 e. The van der Waals surface area contributed by atoms with Crippen molar-refractivity contribution in [2.75, 3.05) is 12.4 Å². The largest absolute Gasteiger partial charge is 0.497 e. The molecule has 2 aromatic rings. The second kappa shape index (κ2) is 7.31. The van der Waals surface area contributed by atoms with Gasteiger partial charge in [-0.05, 0) is 59.6 Å². The van der Waals surface area contributed by atoms with Crippen molar-refractivity contribution >= 4 is 27.5 Å². The van der Waals surface area contributed by atoms with E-state index in [0.29, 0.717) is 17.2 Å². The first kappa shape index (κ1) is 16.4. The van der Waals surface area contributed by atoms with Crippen LogP contribution in [0.5, 0.6) is 11.5 Å². The molecule has 0 spiro atoms. The first-order valence-corrected chi connectivity index (χ1v) is 7.66. The number of hydrogen-bond donors (Lipinski definition) is 1. The number of aryl methyl sites for hydroxylation is 1. The summed E-state index contributed by atoms with van der Waals surface area (Å²) in [6.07, 6.45) is -0.620. The van der Waals surface area contributed by atoms with Gasteiger partial charge in [0.1, 0.15) is 11.5 Å². The van der Waals surface area contributed by atoms with Crippen molar-refractivity contribution in [3.05, 3.63) is 52.5 Å². The molecule has 2 aromatic carbocycles. The van der Waals surface area contributed by atoms with Crippen LogP contribution in [0.4, 0.5) is 5.69 Å². The topological polar surface area (TPSA) is 47.6 Å². The van der Waals surface area contributed by atoms with Crippen LogP contribution in [0.1, 0.15) is 12.5 Å². The number of anilines is 1. The summed E-state index contributed by atoms with van der Waals surface area (Å²) in [4.78, 5) is 12.2. The van der Waals surface area contributed by atoms with Crippen molar-refractivity contribution < 1.29 is 14.3 Å². The van der Waals surface area contributed by atoms with Crippen LogP contribution in [0.25, 0.3) is 0 Å². The molecule has 0 bridgehead atoms. The minimum absolute atomic E-state index is 0.222. The Morgan fingerprint density at radius 3 is 2.68 bits per heavy atom. The number of nitrogens with one attached hydrogen (secondary N) is 1. The van der Waals surface area contributed by atoms with Gasteiger partial charge in [0.2, 0.25) is 0 Å². The number of benzene rings is 2. The van der Waals surface area contributed by atoms with E-state index in [-0.39, 0.29) is 5.91 Å². The van der Waals surface area contributed by atoms with E-state index in [1.165, 1.54) is 0 Å². The summed E-state index contributed by atoms with van der Waals surface area (Å²) < 4.78 is 11.7. The molecule has 4 nitrogen and oxygen atoms in total. The van der Waals surface area contributed by atoms with E-state index >= 15 is 0 Å². The maximum absolute atomic E-state index is 12.2. The summed E-state index contributed by atoms with van der Waals surface area (Å²) >= 11 is 3.44. The maximum Gasteiger partial charge on any atom is 0.265 e. The Balaban J connectivity index is 2.02. The number of rotatable bonds is 5. The van der Waals surface area contributed by atoms with Crippen molar-refractivity contribution in [1.82, 2.24) is 0 Å². The van der Waals surface area contributed by atoms with Crippen LogP contribution in [0.3, 0.4) is 0 Å². The summed E-state index contributed by atoms with van der Waals surface area (Å²) in [5.74, 6) is 1.10. The highest BCUT2D eigenvalue weighted by atomic mass is 79.9. The normalized spacial score (nSPS) is 11.6. The molecule has 1 atom stereocenters. The van der Waals surface area contributed by atoms with Gasteiger partial charge in [-0.2, -0.15) is 0 Å². The monoisotopic (exact) mass is 363 g/mol. The van der Waals surface area contributed by atoms with Gasteiger partial charge in [0.25, 0.3) is 5.91 Å². The fourth-order valence-electron chi connectivity index (χ4n) is 1.89. The molecule has 1 N–H and O–H groups in total. The highest BCUT2D eigenvalue weighted by Crippen LogP contribution is 2.27. The summed E-state index contributed by atoms with van der Waals surface area (Å²) in [6.45, 7) is 3.70. The molecule has 0 aliphatic carbocycles. The second-order valence-corrected chi connectivity index (χ2v) is 5.77. The average Bonchev–Trinajstić information content (AvgIpc) is 2.50. The molecule has 0 aliphatic rings. The molecule has 0 saturated heterocycles. The molecule has 22 heavy (non-hydrogen) atoms. The Labute approximate surface area is 138 Å². The predicted octanol–water partition coefficient (Wildman–Crippen LogP) is 4.17. The third-order valence-corrected chi connectivity index (χ3v) is 3.72. The Kier molecular flexibility index (Phi) is 5.44. The number of amides is 1. The Morgan fingerprint density at radius 1 is 1.23 bits per heavy atom. The minimum Gasteiger partial charge on any atom is -0.497 e. The molecule has 116 valence electrons. The van der Waals surface area contributed by atoms with Gasteiger partial charge < -0.3 is 14.8 Å². The first-order valence-electron chi connectivity index (χ1n) is 6.87. The Hall–Kier alpha value is -2.01. The van der Waals surface area contributed by atoms with Crippen molar-refractivity contribution in [3.63, 3.8) is 0 Å². The van der Waals surface area contributed by atoms with Crippen LogP contribution < -0.4 is 14.8 Å². The fourth-order valence-corrected chi connectivity index (χ4v) is 2.48. The third kappa shape index (κ3) is 4.24. The van der Waals surface area contributed by atoms with E-state index in [1.54, 1.807) is 26.2 Å². The summed E-state index contributed by atoms with van der Waals surface area (Å²) in [5, 5.41) is 2.81. The molecule has 0 aliphatic heterocycles. The van der Waals surface area contributed by atoms with Crippen molar-refractivity contribution in [1.29, 1.82) is 0 Å². The molecule has 0 saturated carbocycles. The zero-order valence-electron chi connectivity index (χ0n) is 12.7. The first-order chi connectivity index (χ1) is 10.5. The molecule has 5 heteroatoms. The molecular weight excluding hydrogens is 346 g/mol. The van der Waals surface area contributed by atoms with Crippen molar-refractivity contribution in [3.8, 4) is 11.5 Å². The lowest BCUT2D eigenvalue weighted by molar-refractivity contribution is -0.122. The van der Waals surface area contributed by atoms with Crippen LogP contribution in [0.15, 0.2) is 46.9 Å². The molecule has 0 aromatic heterocycles. The molecule has 1 unspecified atom stereocenters. The quantitative estimate of drug-likeness (QED) is 0.866. The van der Waals surface area contributed by atoms with Gasteiger partial charge in [0.15, 0.2) is 6.10 Å². The van der Waals surface area contributed by atoms with E-state index < -0.39 is 6.10 Å². The summed E-state index contributed by atoms with van der Waals surface area (Å²) in [6, 6.07) is 12.9. The molecule has 0 radical (unpaired) electrons. The van der Waals surface area contributed by atoms with E-state index in [4.69, 9.17) is 9.47 Å². The molecule has 2 rings (SSSR count). The van der Waals surface area contributed by atoms with Gasteiger partial charge in [0.05, 0.1) is 11.6 Å². The van der Waals surface area contributed by atoms with Gasteiger partial charge in [-0.25, -0.2) is 0 Å². The third-order valence-electron chi connectivity index (χ3n) is 3.10. The maximum atomic E-state index is 12.2. The summed E-state index contributed by atoms with van der Waals surface area (Å²) in [5.41, 5.74) is 1.79. The van der Waals surface area contributed by atoms with Gasteiger partial charge in [0, 0.05) is 11.8 Å². The molecular formula is C17H18BrNO3. The second-order valence-electron chi connectivity index (χ2n) is 4.92. The summed E-state index contributed by atoms with van der Waals surface area (Å²) in [7, 11) is 1.58. The number of carbonyl (C=O) groups is 1. The number of hydrogen-bond acceptors (Lipinski definition) is 3. The minimum atomic E-state index is -0.620. The van der Waals surface area contributed by atoms with Gasteiger partial charge in [-0.1, -0.05) is 12.1 Å². The zero-order valence-corrected chi connectivity index (χ0v) is 14.3. The Bertz CT molecular complexity index is 673. The fraction of sp³-hybridized carbons (Fsp3) is 0.235. The van der Waals surface area contributed by atoms with Crippen LogP contribution in [-0.2, 0) is 4.79 Å². The highest BCUT2D eigenvalue weighted by Gasteiger charge is 2.16. The molecule has 1 amide bonds. The lowest BCUT2D eigenvalue weighted by Gasteiger charge is -2.16.